The minimum Gasteiger partial charge on any atom is -0.137 e. The fourth-order valence-corrected chi connectivity index (χ4v) is 2.13. The number of hydrogen-bond acceptors (Lipinski definition) is 3. The predicted octanol–water partition coefficient (Wildman–Crippen LogP) is 3.28. The Morgan fingerprint density at radius 1 is 1.15 bits per heavy atom. The van der Waals surface area contributed by atoms with Gasteiger partial charge >= 0.3 is 0 Å². The van der Waals surface area contributed by atoms with E-state index in [0.717, 1.165) is 14.5 Å². The second-order valence-electron chi connectivity index (χ2n) is 2.73. The van der Waals surface area contributed by atoms with Crippen molar-refractivity contribution in [2.24, 2.45) is 0 Å². The summed E-state index contributed by atoms with van der Waals surface area (Å²) in [6.45, 7) is 2.07. The molecule has 0 bridgehead atoms. The van der Waals surface area contributed by atoms with E-state index in [9.17, 15) is 0 Å². The Bertz CT molecular complexity index is 408. The Balaban J connectivity index is 2.41. The summed E-state index contributed by atoms with van der Waals surface area (Å²) in [6, 6.07) is 8.26. The number of benzene rings is 1. The highest BCUT2D eigenvalue weighted by molar-refractivity contribution is 9.11. The highest BCUT2D eigenvalue weighted by Gasteiger charge is 2.03. The van der Waals surface area contributed by atoms with Crippen molar-refractivity contribution in [3.05, 3.63) is 33.7 Å². The van der Waals surface area contributed by atoms with Gasteiger partial charge in [0.15, 0.2) is 3.92 Å². The first-order valence-electron chi connectivity index (χ1n) is 3.82. The van der Waals surface area contributed by atoms with Gasteiger partial charge in [-0.2, -0.15) is 0 Å². The highest BCUT2D eigenvalue weighted by atomic mass is 79.9. The zero-order chi connectivity index (χ0) is 9.26. The Hall–Kier alpha value is -0.740. The molecule has 2 nitrogen and oxygen atoms in total. The molecule has 0 N–H and O–H groups in total. The monoisotopic (exact) mass is 254 g/mol. The third-order valence-corrected chi connectivity index (χ3v) is 3.10. The number of rotatable bonds is 1. The van der Waals surface area contributed by atoms with E-state index in [1.165, 1.54) is 5.56 Å². The number of aryl methyl sites for hydroxylation is 1. The van der Waals surface area contributed by atoms with Gasteiger partial charge in [0.25, 0.3) is 0 Å². The molecule has 0 aliphatic carbocycles. The lowest BCUT2D eigenvalue weighted by Gasteiger charge is -1.94. The Labute approximate surface area is 88.8 Å². The van der Waals surface area contributed by atoms with Crippen LogP contribution in [0.25, 0.3) is 10.6 Å². The topological polar surface area (TPSA) is 25.8 Å². The molecule has 13 heavy (non-hydrogen) atoms. The first-order chi connectivity index (χ1) is 6.25. The molecule has 0 atom stereocenters. The van der Waals surface area contributed by atoms with Crippen LogP contribution < -0.4 is 0 Å². The van der Waals surface area contributed by atoms with Gasteiger partial charge < -0.3 is 0 Å². The van der Waals surface area contributed by atoms with E-state index in [1.54, 1.807) is 11.3 Å². The first-order valence-corrected chi connectivity index (χ1v) is 5.43. The molecule has 2 aromatic rings. The van der Waals surface area contributed by atoms with Crippen LogP contribution in [0.4, 0.5) is 0 Å². The average Bonchev–Trinajstić information content (AvgIpc) is 2.53. The molecule has 0 radical (unpaired) electrons. The number of nitrogens with zero attached hydrogens (tertiary/aromatic N) is 2. The van der Waals surface area contributed by atoms with Crippen LogP contribution in [-0.4, -0.2) is 10.2 Å². The summed E-state index contributed by atoms with van der Waals surface area (Å²) in [5.41, 5.74) is 2.38. The fraction of sp³-hybridized carbons (Fsp3) is 0.111. The minimum atomic E-state index is 0.822. The van der Waals surface area contributed by atoms with Gasteiger partial charge in [-0.1, -0.05) is 41.2 Å². The van der Waals surface area contributed by atoms with E-state index >= 15 is 0 Å². The van der Waals surface area contributed by atoms with Gasteiger partial charge in [-0.3, -0.25) is 0 Å². The van der Waals surface area contributed by atoms with E-state index in [1.807, 2.05) is 0 Å². The second kappa shape index (κ2) is 3.55. The van der Waals surface area contributed by atoms with Gasteiger partial charge in [-0.25, -0.2) is 0 Å². The van der Waals surface area contributed by atoms with Crippen LogP contribution in [0, 0.1) is 6.92 Å². The van der Waals surface area contributed by atoms with Crippen LogP contribution in [-0.2, 0) is 0 Å². The summed E-state index contributed by atoms with van der Waals surface area (Å²) >= 11 is 4.83. The summed E-state index contributed by atoms with van der Waals surface area (Å²) in [5, 5.41) is 8.89. The maximum atomic E-state index is 4.04. The molecule has 0 saturated carbocycles. The fourth-order valence-electron chi connectivity index (χ4n) is 1.02. The molecule has 0 fully saturated rings. The quantitative estimate of drug-likeness (QED) is 0.781. The summed E-state index contributed by atoms with van der Waals surface area (Å²) in [7, 11) is 0. The van der Waals surface area contributed by atoms with E-state index in [2.05, 4.69) is 57.3 Å². The first kappa shape index (κ1) is 8.84. The number of aromatic nitrogens is 2. The van der Waals surface area contributed by atoms with Crippen molar-refractivity contribution in [2.75, 3.05) is 0 Å². The van der Waals surface area contributed by atoms with Crippen LogP contribution in [0.3, 0.4) is 0 Å². The molecular formula is C9H7BrN2S. The summed E-state index contributed by atoms with van der Waals surface area (Å²) in [4.78, 5) is 0. The van der Waals surface area contributed by atoms with E-state index in [0.29, 0.717) is 0 Å². The maximum Gasteiger partial charge on any atom is 0.183 e. The molecule has 1 aromatic heterocycles. The van der Waals surface area contributed by atoms with Crippen LogP contribution in [0.1, 0.15) is 5.56 Å². The van der Waals surface area contributed by atoms with Crippen molar-refractivity contribution in [3.8, 4) is 10.6 Å². The minimum absolute atomic E-state index is 0.822. The lowest BCUT2D eigenvalue weighted by Crippen LogP contribution is -1.76. The van der Waals surface area contributed by atoms with Gasteiger partial charge in [-0.15, -0.1) is 10.2 Å². The van der Waals surface area contributed by atoms with Crippen molar-refractivity contribution in [1.82, 2.24) is 10.2 Å². The largest absolute Gasteiger partial charge is 0.183 e. The molecule has 66 valence electrons. The smallest absolute Gasteiger partial charge is 0.137 e. The normalized spacial score (nSPS) is 10.3. The summed E-state index contributed by atoms with van der Waals surface area (Å²) < 4.78 is 0.822. The van der Waals surface area contributed by atoms with Gasteiger partial charge in [-0.05, 0) is 22.9 Å². The van der Waals surface area contributed by atoms with E-state index in [-0.39, 0.29) is 0 Å². The van der Waals surface area contributed by atoms with Gasteiger partial charge in [0.1, 0.15) is 5.01 Å². The third kappa shape index (κ3) is 1.95. The molecule has 1 heterocycles. The molecular weight excluding hydrogens is 248 g/mol. The zero-order valence-electron chi connectivity index (χ0n) is 6.99. The molecule has 1 aromatic carbocycles. The van der Waals surface area contributed by atoms with Gasteiger partial charge in [0, 0.05) is 5.56 Å². The predicted molar refractivity (Wildman–Crippen MR) is 57.8 cm³/mol. The van der Waals surface area contributed by atoms with E-state index < -0.39 is 0 Å². The lowest BCUT2D eigenvalue weighted by atomic mass is 10.2. The maximum absolute atomic E-state index is 4.04. The van der Waals surface area contributed by atoms with Crippen LogP contribution >= 0.6 is 27.3 Å². The Morgan fingerprint density at radius 3 is 2.38 bits per heavy atom. The SMILES string of the molecule is Cc1ccc(-c2nnc(Br)s2)cc1. The van der Waals surface area contributed by atoms with Crippen molar-refractivity contribution < 1.29 is 0 Å². The van der Waals surface area contributed by atoms with Crippen LogP contribution in [0.5, 0.6) is 0 Å². The van der Waals surface area contributed by atoms with Crippen LogP contribution in [0.2, 0.25) is 0 Å². The van der Waals surface area contributed by atoms with Crippen molar-refractivity contribution in [1.29, 1.82) is 0 Å². The van der Waals surface area contributed by atoms with Crippen molar-refractivity contribution >= 4 is 27.3 Å². The summed E-state index contributed by atoms with van der Waals surface area (Å²) in [6.07, 6.45) is 0. The van der Waals surface area contributed by atoms with Crippen molar-refractivity contribution in [2.45, 2.75) is 6.92 Å². The van der Waals surface area contributed by atoms with Crippen molar-refractivity contribution in [3.63, 3.8) is 0 Å². The van der Waals surface area contributed by atoms with Crippen LogP contribution in [0.15, 0.2) is 28.2 Å². The average molecular weight is 255 g/mol. The molecule has 0 aliphatic heterocycles. The molecule has 0 saturated heterocycles. The third-order valence-electron chi connectivity index (χ3n) is 1.70. The van der Waals surface area contributed by atoms with E-state index in [4.69, 9.17) is 0 Å². The highest BCUT2D eigenvalue weighted by Crippen LogP contribution is 2.26. The molecule has 2 rings (SSSR count). The standard InChI is InChI=1S/C9H7BrN2S/c1-6-2-4-7(5-3-6)8-11-12-9(10)13-8/h2-5H,1H3. The zero-order valence-corrected chi connectivity index (χ0v) is 9.39. The molecule has 0 aliphatic rings. The molecule has 0 spiro atoms. The molecule has 0 unspecified atom stereocenters. The summed E-state index contributed by atoms with van der Waals surface area (Å²) in [5.74, 6) is 0. The Kier molecular flexibility index (Phi) is 2.42. The number of hydrogen-bond donors (Lipinski definition) is 0. The molecule has 4 heteroatoms. The molecule has 0 amide bonds. The van der Waals surface area contributed by atoms with Gasteiger partial charge in [0.2, 0.25) is 0 Å². The lowest BCUT2D eigenvalue weighted by molar-refractivity contribution is 1.08. The van der Waals surface area contributed by atoms with Gasteiger partial charge in [0.05, 0.1) is 0 Å². The number of halogens is 1. The second-order valence-corrected chi connectivity index (χ2v) is 4.98. The Morgan fingerprint density at radius 2 is 1.85 bits per heavy atom.